The van der Waals surface area contributed by atoms with E-state index in [9.17, 15) is 9.59 Å². The molecule has 0 aliphatic heterocycles. The van der Waals surface area contributed by atoms with E-state index in [1.807, 2.05) is 11.8 Å². The number of hydrogen-bond donors (Lipinski definition) is 0. The highest BCUT2D eigenvalue weighted by Crippen LogP contribution is 2.28. The van der Waals surface area contributed by atoms with Crippen LogP contribution in [-0.2, 0) is 6.54 Å². The van der Waals surface area contributed by atoms with Gasteiger partial charge in [0.05, 0.1) is 16.6 Å². The van der Waals surface area contributed by atoms with Crippen molar-refractivity contribution in [3.8, 4) is 0 Å². The maximum absolute atomic E-state index is 13.2. The molecule has 6 heteroatoms. The highest BCUT2D eigenvalue weighted by molar-refractivity contribution is 7.20. The first kappa shape index (κ1) is 20.6. The topological polar surface area (TPSA) is 55.2 Å². The molecule has 2 aromatic heterocycles. The first-order valence-electron chi connectivity index (χ1n) is 9.54. The molecule has 0 saturated heterocycles. The van der Waals surface area contributed by atoms with E-state index in [4.69, 9.17) is 0 Å². The summed E-state index contributed by atoms with van der Waals surface area (Å²) >= 11 is 1.35. The molecule has 0 aromatic carbocycles. The lowest BCUT2D eigenvalue weighted by Crippen LogP contribution is -2.36. The molecular weight excluding hydrogens is 346 g/mol. The Labute approximate surface area is 160 Å². The van der Waals surface area contributed by atoms with Crippen molar-refractivity contribution >= 4 is 27.5 Å². The van der Waals surface area contributed by atoms with Crippen LogP contribution in [-0.4, -0.2) is 33.4 Å². The molecule has 0 aliphatic rings. The van der Waals surface area contributed by atoms with E-state index in [0.29, 0.717) is 33.5 Å². The molecule has 2 rings (SSSR count). The third kappa shape index (κ3) is 4.53. The van der Waals surface area contributed by atoms with Crippen LogP contribution in [0.2, 0.25) is 0 Å². The monoisotopic (exact) mass is 377 g/mol. The van der Waals surface area contributed by atoms with Gasteiger partial charge in [-0.15, -0.1) is 11.3 Å². The number of carbonyl (C=O) groups is 1. The first-order valence-corrected chi connectivity index (χ1v) is 10.4. The fourth-order valence-corrected chi connectivity index (χ4v) is 4.22. The molecule has 2 heterocycles. The summed E-state index contributed by atoms with van der Waals surface area (Å²) in [4.78, 5) is 33.7. The number of aromatic nitrogens is 2. The van der Waals surface area contributed by atoms with Gasteiger partial charge in [0, 0.05) is 19.6 Å². The van der Waals surface area contributed by atoms with Crippen molar-refractivity contribution in [2.24, 2.45) is 11.8 Å². The Hall–Kier alpha value is -1.69. The second-order valence-corrected chi connectivity index (χ2v) is 8.83. The predicted molar refractivity (Wildman–Crippen MR) is 109 cm³/mol. The van der Waals surface area contributed by atoms with E-state index in [1.165, 1.54) is 11.3 Å². The molecule has 0 bridgehead atoms. The number of rotatable bonds is 8. The molecule has 2 aromatic rings. The van der Waals surface area contributed by atoms with Crippen molar-refractivity contribution in [3.05, 3.63) is 27.1 Å². The van der Waals surface area contributed by atoms with E-state index in [0.717, 1.165) is 31.5 Å². The number of nitrogens with zero attached hydrogens (tertiary/aromatic N) is 3. The Balaban J connectivity index is 2.45. The first-order chi connectivity index (χ1) is 12.3. The number of carbonyl (C=O) groups excluding carboxylic acids is 1. The van der Waals surface area contributed by atoms with Crippen LogP contribution in [0.5, 0.6) is 0 Å². The Morgan fingerprint density at radius 1 is 1.23 bits per heavy atom. The quantitative estimate of drug-likeness (QED) is 0.688. The van der Waals surface area contributed by atoms with Crippen molar-refractivity contribution in [2.45, 2.75) is 60.9 Å². The van der Waals surface area contributed by atoms with Gasteiger partial charge in [-0.25, -0.2) is 4.98 Å². The Bertz CT molecular complexity index is 810. The maximum atomic E-state index is 13.2. The van der Waals surface area contributed by atoms with Crippen molar-refractivity contribution in [1.82, 2.24) is 14.5 Å². The summed E-state index contributed by atoms with van der Waals surface area (Å²) in [6.07, 6.45) is 3.58. The zero-order valence-corrected chi connectivity index (χ0v) is 17.7. The van der Waals surface area contributed by atoms with E-state index in [-0.39, 0.29) is 11.5 Å². The number of amides is 1. The van der Waals surface area contributed by atoms with Gasteiger partial charge in [-0.3, -0.25) is 14.2 Å². The second-order valence-electron chi connectivity index (χ2n) is 7.83. The molecule has 0 saturated carbocycles. The Morgan fingerprint density at radius 2 is 1.85 bits per heavy atom. The van der Waals surface area contributed by atoms with Gasteiger partial charge < -0.3 is 4.90 Å². The van der Waals surface area contributed by atoms with Gasteiger partial charge in [0.15, 0.2) is 0 Å². The van der Waals surface area contributed by atoms with E-state index in [1.54, 1.807) is 10.9 Å². The molecule has 0 radical (unpaired) electrons. The van der Waals surface area contributed by atoms with E-state index in [2.05, 4.69) is 39.6 Å². The highest BCUT2D eigenvalue weighted by atomic mass is 32.1. The molecule has 0 aliphatic carbocycles. The standard InChI is InChI=1S/C20H31N3O2S/c1-7-8-9-22-12-21-18-16(19(22)24)15(6)17(26-18)20(25)23(10-13(2)3)11-14(4)5/h12-14H,7-11H2,1-6H3. The summed E-state index contributed by atoms with van der Waals surface area (Å²) in [7, 11) is 0. The van der Waals surface area contributed by atoms with Crippen LogP contribution in [0.3, 0.4) is 0 Å². The Morgan fingerprint density at radius 3 is 2.38 bits per heavy atom. The van der Waals surface area contributed by atoms with Gasteiger partial charge in [0.1, 0.15) is 4.83 Å². The molecule has 0 unspecified atom stereocenters. The molecule has 0 spiro atoms. The van der Waals surface area contributed by atoms with Gasteiger partial charge in [0.25, 0.3) is 11.5 Å². The summed E-state index contributed by atoms with van der Waals surface area (Å²) in [5.41, 5.74) is 0.742. The van der Waals surface area contributed by atoms with Gasteiger partial charge in [0.2, 0.25) is 0 Å². The van der Waals surface area contributed by atoms with Crippen LogP contribution >= 0.6 is 11.3 Å². The summed E-state index contributed by atoms with van der Waals surface area (Å²) in [5, 5.41) is 0.603. The van der Waals surface area contributed by atoms with Crippen LogP contribution < -0.4 is 5.56 Å². The predicted octanol–water partition coefficient (Wildman–Crippen LogP) is 4.32. The lowest BCUT2D eigenvalue weighted by molar-refractivity contribution is 0.0719. The van der Waals surface area contributed by atoms with Gasteiger partial charge in [-0.2, -0.15) is 0 Å². The summed E-state index contributed by atoms with van der Waals surface area (Å²) in [5.74, 6) is 0.820. The summed E-state index contributed by atoms with van der Waals surface area (Å²) < 4.78 is 1.67. The average molecular weight is 378 g/mol. The number of aryl methyl sites for hydroxylation is 2. The minimum atomic E-state index is -0.0319. The maximum Gasteiger partial charge on any atom is 0.264 e. The van der Waals surface area contributed by atoms with Crippen molar-refractivity contribution in [3.63, 3.8) is 0 Å². The van der Waals surface area contributed by atoms with Gasteiger partial charge in [-0.1, -0.05) is 41.0 Å². The van der Waals surface area contributed by atoms with Gasteiger partial charge >= 0.3 is 0 Å². The minimum absolute atomic E-state index is 0.0207. The van der Waals surface area contributed by atoms with Crippen molar-refractivity contribution < 1.29 is 4.79 Å². The number of thiophene rings is 1. The van der Waals surface area contributed by atoms with Crippen molar-refractivity contribution in [1.29, 1.82) is 0 Å². The summed E-state index contributed by atoms with van der Waals surface area (Å²) in [6.45, 7) is 14.6. The normalized spacial score (nSPS) is 11.7. The molecule has 0 N–H and O–H groups in total. The zero-order valence-electron chi connectivity index (χ0n) is 16.8. The zero-order chi connectivity index (χ0) is 19.4. The fourth-order valence-electron chi connectivity index (χ4n) is 3.12. The largest absolute Gasteiger partial charge is 0.337 e. The smallest absolute Gasteiger partial charge is 0.264 e. The molecule has 5 nitrogen and oxygen atoms in total. The molecular formula is C20H31N3O2S. The third-order valence-corrected chi connectivity index (χ3v) is 5.51. The van der Waals surface area contributed by atoms with Crippen LogP contribution in [0.15, 0.2) is 11.1 Å². The van der Waals surface area contributed by atoms with Crippen molar-refractivity contribution in [2.75, 3.05) is 13.1 Å². The average Bonchev–Trinajstić information content (AvgIpc) is 2.89. The van der Waals surface area contributed by atoms with Crippen LogP contribution in [0.4, 0.5) is 0 Å². The van der Waals surface area contributed by atoms with Crippen LogP contribution in [0.1, 0.15) is 62.7 Å². The minimum Gasteiger partial charge on any atom is -0.337 e. The second kappa shape index (κ2) is 8.80. The van der Waals surface area contributed by atoms with Gasteiger partial charge in [-0.05, 0) is 30.7 Å². The van der Waals surface area contributed by atoms with E-state index < -0.39 is 0 Å². The third-order valence-electron chi connectivity index (χ3n) is 4.32. The number of hydrogen-bond acceptors (Lipinski definition) is 4. The molecule has 0 fully saturated rings. The molecule has 144 valence electrons. The SMILES string of the molecule is CCCCn1cnc2sc(C(=O)N(CC(C)C)CC(C)C)c(C)c2c1=O. The molecule has 1 amide bonds. The van der Waals surface area contributed by atoms with E-state index >= 15 is 0 Å². The Kier molecular flexibility index (Phi) is 6.98. The highest BCUT2D eigenvalue weighted by Gasteiger charge is 2.24. The van der Waals surface area contributed by atoms with Crippen LogP contribution in [0, 0.1) is 18.8 Å². The lowest BCUT2D eigenvalue weighted by Gasteiger charge is -2.26. The van der Waals surface area contributed by atoms with Crippen LogP contribution in [0.25, 0.3) is 10.2 Å². The lowest BCUT2D eigenvalue weighted by atomic mass is 10.1. The summed E-state index contributed by atoms with van der Waals surface area (Å²) in [6, 6.07) is 0. The molecule has 0 atom stereocenters. The molecule has 26 heavy (non-hydrogen) atoms. The fraction of sp³-hybridized carbons (Fsp3) is 0.650. The number of fused-ring (bicyclic) bond motifs is 1. The number of unbranched alkanes of at least 4 members (excludes halogenated alkanes) is 1.